The zero-order chi connectivity index (χ0) is 27.3. The molecule has 1 heterocycles. The molecule has 1 aliphatic rings. The zero-order valence-electron chi connectivity index (χ0n) is 21.6. The van der Waals surface area contributed by atoms with Crippen LogP contribution in [0, 0.1) is 0 Å². The Kier molecular flexibility index (Phi) is 11.3. The van der Waals surface area contributed by atoms with Gasteiger partial charge >= 0.3 is 0 Å². The van der Waals surface area contributed by atoms with Crippen LogP contribution in [0.2, 0.25) is 0 Å². The summed E-state index contributed by atoms with van der Waals surface area (Å²) in [4.78, 5) is 53.5. The van der Waals surface area contributed by atoms with Gasteiger partial charge in [0.2, 0.25) is 11.8 Å². The Morgan fingerprint density at radius 2 is 1.34 bits per heavy atom. The van der Waals surface area contributed by atoms with E-state index in [4.69, 9.17) is 11.5 Å². The van der Waals surface area contributed by atoms with Gasteiger partial charge in [-0.1, -0.05) is 36.4 Å². The molecule has 2 aromatic rings. The molecule has 204 valence electrons. The van der Waals surface area contributed by atoms with Crippen molar-refractivity contribution in [1.29, 1.82) is 0 Å². The fourth-order valence-electron chi connectivity index (χ4n) is 4.27. The molecule has 3 unspecified atom stereocenters. The molecule has 0 aromatic heterocycles. The van der Waals surface area contributed by atoms with Crippen molar-refractivity contribution >= 4 is 29.3 Å². The highest BCUT2D eigenvalue weighted by atomic mass is 16.2. The number of para-hydroxylation sites is 1. The number of carbonyl (C=O) groups is 4. The summed E-state index contributed by atoms with van der Waals surface area (Å²) in [6.07, 6.45) is 3.39. The number of nitrogens with two attached hydrogens (primary N) is 2. The fourth-order valence-corrected chi connectivity index (χ4v) is 4.27. The van der Waals surface area contributed by atoms with Crippen molar-refractivity contribution in [3.63, 3.8) is 0 Å². The Morgan fingerprint density at radius 1 is 0.789 bits per heavy atom. The summed E-state index contributed by atoms with van der Waals surface area (Å²) in [6.45, 7) is 1.29. The van der Waals surface area contributed by atoms with Crippen LogP contribution in [0.1, 0.15) is 48.9 Å². The van der Waals surface area contributed by atoms with Crippen LogP contribution in [0.25, 0.3) is 0 Å². The third kappa shape index (κ3) is 8.12. The van der Waals surface area contributed by atoms with E-state index in [1.165, 1.54) is 0 Å². The summed E-state index contributed by atoms with van der Waals surface area (Å²) in [7, 11) is 0. The van der Waals surface area contributed by atoms with Crippen LogP contribution in [-0.2, 0) is 14.4 Å². The van der Waals surface area contributed by atoms with Crippen LogP contribution in [0.3, 0.4) is 0 Å². The fraction of sp³-hybridized carbons (Fsp3) is 0.429. The van der Waals surface area contributed by atoms with E-state index in [-0.39, 0.29) is 11.8 Å². The predicted octanol–water partition coefficient (Wildman–Crippen LogP) is 1.06. The summed E-state index contributed by atoms with van der Waals surface area (Å²) >= 11 is 0. The van der Waals surface area contributed by atoms with Gasteiger partial charge in [0, 0.05) is 11.3 Å². The number of benzene rings is 2. The third-order valence-corrected chi connectivity index (χ3v) is 6.50. The SMILES string of the molecule is NCCCCC(NC(=O)c1ccccc1)C(=O)NC(CCCCN)C(=O)NC1CN(c2ccccc2)C1=O. The summed E-state index contributed by atoms with van der Waals surface area (Å²) in [6, 6.07) is 15.5. The molecule has 0 radical (unpaired) electrons. The first-order valence-electron chi connectivity index (χ1n) is 13.2. The van der Waals surface area contributed by atoms with Crippen LogP contribution in [0.5, 0.6) is 0 Å². The molecular formula is C28H38N6O4. The Hall–Kier alpha value is -3.76. The van der Waals surface area contributed by atoms with Crippen LogP contribution >= 0.6 is 0 Å². The first kappa shape index (κ1) is 28.8. The van der Waals surface area contributed by atoms with Crippen molar-refractivity contribution in [1.82, 2.24) is 16.0 Å². The molecule has 38 heavy (non-hydrogen) atoms. The van der Waals surface area contributed by atoms with E-state index in [9.17, 15) is 19.2 Å². The molecule has 3 rings (SSSR count). The first-order chi connectivity index (χ1) is 18.4. The van der Waals surface area contributed by atoms with Crippen molar-refractivity contribution in [2.45, 2.75) is 56.7 Å². The molecule has 10 heteroatoms. The molecule has 0 aliphatic carbocycles. The van der Waals surface area contributed by atoms with E-state index in [1.54, 1.807) is 35.2 Å². The molecule has 7 N–H and O–H groups in total. The number of rotatable bonds is 15. The van der Waals surface area contributed by atoms with Crippen molar-refractivity contribution in [2.75, 3.05) is 24.5 Å². The number of hydrogen-bond donors (Lipinski definition) is 5. The lowest BCUT2D eigenvalue weighted by atomic mass is 10.0. The predicted molar refractivity (Wildman–Crippen MR) is 146 cm³/mol. The van der Waals surface area contributed by atoms with Crippen LogP contribution in [0.15, 0.2) is 60.7 Å². The number of carbonyl (C=O) groups excluding carboxylic acids is 4. The van der Waals surface area contributed by atoms with E-state index < -0.39 is 29.9 Å². The van der Waals surface area contributed by atoms with Crippen LogP contribution in [-0.4, -0.2) is 61.4 Å². The molecule has 0 spiro atoms. The molecule has 2 aromatic carbocycles. The summed E-state index contributed by atoms with van der Waals surface area (Å²) < 4.78 is 0. The Morgan fingerprint density at radius 3 is 1.89 bits per heavy atom. The summed E-state index contributed by atoms with van der Waals surface area (Å²) in [5.74, 6) is -1.46. The van der Waals surface area contributed by atoms with Gasteiger partial charge in [0.1, 0.15) is 18.1 Å². The van der Waals surface area contributed by atoms with Gasteiger partial charge in [-0.2, -0.15) is 0 Å². The van der Waals surface area contributed by atoms with Crippen molar-refractivity contribution < 1.29 is 19.2 Å². The normalized spacial score (nSPS) is 16.2. The maximum Gasteiger partial charge on any atom is 0.251 e. The molecule has 10 nitrogen and oxygen atoms in total. The molecule has 0 bridgehead atoms. The highest BCUT2D eigenvalue weighted by Crippen LogP contribution is 2.21. The lowest BCUT2D eigenvalue weighted by molar-refractivity contribution is -0.133. The van der Waals surface area contributed by atoms with Gasteiger partial charge in [0.05, 0.1) is 6.54 Å². The molecular weight excluding hydrogens is 484 g/mol. The number of hydrogen-bond acceptors (Lipinski definition) is 6. The molecule has 1 aliphatic heterocycles. The number of nitrogens with one attached hydrogen (secondary N) is 3. The second-order valence-electron chi connectivity index (χ2n) is 9.37. The molecule has 3 atom stereocenters. The van der Waals surface area contributed by atoms with Crippen molar-refractivity contribution in [3.8, 4) is 0 Å². The first-order valence-corrected chi connectivity index (χ1v) is 13.2. The van der Waals surface area contributed by atoms with E-state index >= 15 is 0 Å². The highest BCUT2D eigenvalue weighted by Gasteiger charge is 2.40. The van der Waals surface area contributed by atoms with Gasteiger partial charge in [-0.15, -0.1) is 0 Å². The number of nitrogens with zero attached hydrogens (tertiary/aromatic N) is 1. The van der Waals surface area contributed by atoms with E-state index in [2.05, 4.69) is 16.0 Å². The minimum absolute atomic E-state index is 0.202. The topological polar surface area (TPSA) is 160 Å². The highest BCUT2D eigenvalue weighted by molar-refractivity contribution is 6.06. The van der Waals surface area contributed by atoms with Gasteiger partial charge in [-0.3, -0.25) is 19.2 Å². The summed E-state index contributed by atoms with van der Waals surface area (Å²) in [5, 5.41) is 8.38. The largest absolute Gasteiger partial charge is 0.343 e. The minimum atomic E-state index is -0.863. The van der Waals surface area contributed by atoms with Gasteiger partial charge < -0.3 is 32.3 Å². The smallest absolute Gasteiger partial charge is 0.251 e. The lowest BCUT2D eigenvalue weighted by Gasteiger charge is -2.39. The Balaban J connectivity index is 1.64. The summed E-state index contributed by atoms with van der Waals surface area (Å²) in [5.41, 5.74) is 12.4. The third-order valence-electron chi connectivity index (χ3n) is 6.50. The molecule has 1 saturated heterocycles. The monoisotopic (exact) mass is 522 g/mol. The second kappa shape index (κ2) is 14.8. The zero-order valence-corrected chi connectivity index (χ0v) is 21.6. The van der Waals surface area contributed by atoms with Gasteiger partial charge in [-0.05, 0) is 75.9 Å². The molecule has 0 saturated carbocycles. The minimum Gasteiger partial charge on any atom is -0.343 e. The molecule has 1 fully saturated rings. The van der Waals surface area contributed by atoms with E-state index in [0.717, 1.165) is 5.69 Å². The number of amides is 4. The maximum absolute atomic E-state index is 13.3. The number of anilines is 1. The number of unbranched alkanes of at least 4 members (excludes halogenated alkanes) is 2. The average Bonchev–Trinajstić information content (AvgIpc) is 2.94. The number of β-lactam (4-membered cyclic amide) rings is 1. The van der Waals surface area contributed by atoms with Crippen molar-refractivity contribution in [3.05, 3.63) is 66.2 Å². The van der Waals surface area contributed by atoms with E-state index in [1.807, 2.05) is 30.3 Å². The van der Waals surface area contributed by atoms with Crippen molar-refractivity contribution in [2.24, 2.45) is 11.5 Å². The lowest BCUT2D eigenvalue weighted by Crippen LogP contribution is -2.66. The quantitative estimate of drug-likeness (QED) is 0.174. The second-order valence-corrected chi connectivity index (χ2v) is 9.37. The van der Waals surface area contributed by atoms with E-state index in [0.29, 0.717) is 63.7 Å². The maximum atomic E-state index is 13.3. The standard InChI is InChI=1S/C28H38N6O4/c29-17-9-7-15-22(31-25(35)20-11-3-1-4-12-20)26(36)32-23(16-8-10-18-30)27(37)33-24-19-34(28(24)38)21-13-5-2-6-14-21/h1-6,11-14,22-24H,7-10,15-19,29-30H2,(H,31,35)(H,32,36)(H,33,37). The van der Waals surface area contributed by atoms with Crippen LogP contribution < -0.4 is 32.3 Å². The average molecular weight is 523 g/mol. The van der Waals surface area contributed by atoms with Gasteiger partial charge in [0.25, 0.3) is 11.8 Å². The van der Waals surface area contributed by atoms with Crippen LogP contribution in [0.4, 0.5) is 5.69 Å². The Bertz CT molecular complexity index is 1070. The van der Waals surface area contributed by atoms with Gasteiger partial charge in [-0.25, -0.2) is 0 Å². The Labute approximate surface area is 223 Å². The molecule has 4 amide bonds. The van der Waals surface area contributed by atoms with Gasteiger partial charge in [0.15, 0.2) is 0 Å².